The van der Waals surface area contributed by atoms with Crippen LogP contribution in [0, 0.1) is 5.41 Å². The maximum atomic E-state index is 11.6. The van der Waals surface area contributed by atoms with Crippen LogP contribution in [-0.2, 0) is 0 Å². The molecule has 1 saturated carbocycles. The van der Waals surface area contributed by atoms with Crippen LogP contribution in [0.1, 0.15) is 26.3 Å². The van der Waals surface area contributed by atoms with Crippen LogP contribution in [0.25, 0.3) is 21.9 Å². The van der Waals surface area contributed by atoms with Crippen LogP contribution >= 0.6 is 15.9 Å². The highest BCUT2D eigenvalue weighted by Crippen LogP contribution is 2.52. The Balaban J connectivity index is 1.26. The van der Waals surface area contributed by atoms with E-state index in [1.165, 1.54) is 6.33 Å². The fourth-order valence-electron chi connectivity index (χ4n) is 5.33. The van der Waals surface area contributed by atoms with Gasteiger partial charge in [0.05, 0.1) is 33.6 Å². The molecule has 5 aromatic rings. The number of nitrogen functional groups attached to an aromatic ring is 1. The molecule has 0 aliphatic heterocycles. The minimum atomic E-state index is -1.44. The first-order valence-corrected chi connectivity index (χ1v) is 13.4. The molecule has 0 spiro atoms. The van der Waals surface area contributed by atoms with Crippen LogP contribution in [-0.4, -0.2) is 48.0 Å². The normalized spacial score (nSPS) is 24.8. The van der Waals surface area contributed by atoms with Crippen molar-refractivity contribution in [3.8, 4) is 17.4 Å². The monoisotopic (exact) mass is 589 g/mol. The van der Waals surface area contributed by atoms with Crippen molar-refractivity contribution >= 4 is 43.7 Å². The van der Waals surface area contributed by atoms with Gasteiger partial charge in [-0.05, 0) is 65.7 Å². The molecule has 200 valence electrons. The number of hydrogen-bond acceptors (Lipinski definition) is 8. The number of para-hydroxylation sites is 1. The summed E-state index contributed by atoms with van der Waals surface area (Å²) >= 11 is 3.40. The molecule has 2 aromatic carbocycles. The number of aliphatic hydroxyl groups excluding tert-OH is 1. The third-order valence-electron chi connectivity index (χ3n) is 7.94. The van der Waals surface area contributed by atoms with E-state index in [4.69, 9.17) is 15.2 Å². The van der Waals surface area contributed by atoms with Crippen LogP contribution in [0.15, 0.2) is 77.7 Å². The van der Waals surface area contributed by atoms with Crippen molar-refractivity contribution in [3.63, 3.8) is 0 Å². The van der Waals surface area contributed by atoms with E-state index in [0.29, 0.717) is 46.2 Å². The molecule has 0 amide bonds. The highest BCUT2D eigenvalue weighted by Gasteiger charge is 2.59. The van der Waals surface area contributed by atoms with Gasteiger partial charge < -0.3 is 30.0 Å². The zero-order chi connectivity index (χ0) is 27.4. The van der Waals surface area contributed by atoms with Gasteiger partial charge in [-0.3, -0.25) is 0 Å². The van der Waals surface area contributed by atoms with Crippen molar-refractivity contribution in [2.45, 2.75) is 38.0 Å². The largest absolute Gasteiger partial charge is 0.493 e. The van der Waals surface area contributed by atoms with Gasteiger partial charge in [-0.1, -0.05) is 25.1 Å². The minimum absolute atomic E-state index is 0.182. The third-order valence-corrected chi connectivity index (χ3v) is 8.57. The van der Waals surface area contributed by atoms with Crippen LogP contribution in [0.5, 0.6) is 17.4 Å². The average molecular weight is 590 g/mol. The molecular formula is C29H28BrN5O4. The lowest BCUT2D eigenvalue weighted by Gasteiger charge is -2.37. The van der Waals surface area contributed by atoms with Crippen molar-refractivity contribution < 1.29 is 19.7 Å². The molecule has 9 nitrogen and oxygen atoms in total. The van der Waals surface area contributed by atoms with E-state index in [1.54, 1.807) is 6.92 Å². The van der Waals surface area contributed by atoms with Gasteiger partial charge in [-0.2, -0.15) is 0 Å². The molecule has 0 radical (unpaired) electrons. The highest BCUT2D eigenvalue weighted by molar-refractivity contribution is 9.10. The number of benzene rings is 2. The lowest BCUT2D eigenvalue weighted by molar-refractivity contribution is -0.118. The Hall–Kier alpha value is -3.73. The Morgan fingerprint density at radius 3 is 2.67 bits per heavy atom. The standard InChI is InChI=1S/C29H28BrN5O4/c1-28(15-38-19-9-8-17-12-21(30)25(31)34-22(17)13-19)14-23(24(36)29(28,2)37)35-11-10-20-26(35)32-16-33-27(20)39-18-6-4-3-5-7-18/h3-13,16,23-24,36-37H,14-15H2,1-2H3,(H2,31,34)/t23-,24+,28-,29+/m1/s1. The molecule has 39 heavy (non-hydrogen) atoms. The SMILES string of the molecule is C[C@]1(COc2ccc3cc(Br)c(N)nc3c2)C[C@@H](n2ccc3c(Oc4ccccc4)ncnc32)[C@H](O)[C@]1(C)O. The maximum Gasteiger partial charge on any atom is 0.231 e. The van der Waals surface area contributed by atoms with E-state index in [1.807, 2.05) is 78.4 Å². The molecule has 3 aromatic heterocycles. The summed E-state index contributed by atoms with van der Waals surface area (Å²) in [5.74, 6) is 2.09. The van der Waals surface area contributed by atoms with Gasteiger partial charge in [0.25, 0.3) is 0 Å². The maximum absolute atomic E-state index is 11.6. The first-order chi connectivity index (χ1) is 18.7. The van der Waals surface area contributed by atoms with E-state index in [2.05, 4.69) is 30.9 Å². The predicted octanol–water partition coefficient (Wildman–Crippen LogP) is 5.26. The molecule has 1 fully saturated rings. The lowest BCUT2D eigenvalue weighted by atomic mass is 9.77. The Morgan fingerprint density at radius 1 is 1.08 bits per heavy atom. The first-order valence-electron chi connectivity index (χ1n) is 12.6. The predicted molar refractivity (Wildman–Crippen MR) is 152 cm³/mol. The number of aliphatic hydroxyl groups is 2. The number of aromatic nitrogens is 4. The number of pyridine rings is 1. The van der Waals surface area contributed by atoms with E-state index < -0.39 is 23.2 Å². The van der Waals surface area contributed by atoms with Gasteiger partial charge in [0.15, 0.2) is 0 Å². The third kappa shape index (κ3) is 4.38. The average Bonchev–Trinajstić information content (AvgIpc) is 3.43. The van der Waals surface area contributed by atoms with E-state index in [9.17, 15) is 10.2 Å². The Bertz CT molecular complexity index is 1680. The second-order valence-corrected chi connectivity index (χ2v) is 11.3. The summed E-state index contributed by atoms with van der Waals surface area (Å²) in [5.41, 5.74) is 5.07. The van der Waals surface area contributed by atoms with Gasteiger partial charge in [-0.25, -0.2) is 15.0 Å². The second kappa shape index (κ2) is 9.48. The molecule has 0 saturated heterocycles. The van der Waals surface area contributed by atoms with Gasteiger partial charge in [0.2, 0.25) is 5.88 Å². The van der Waals surface area contributed by atoms with Gasteiger partial charge in [-0.15, -0.1) is 0 Å². The molecule has 4 atom stereocenters. The van der Waals surface area contributed by atoms with Crippen molar-refractivity contribution in [3.05, 3.63) is 77.7 Å². The molecule has 3 heterocycles. The van der Waals surface area contributed by atoms with E-state index >= 15 is 0 Å². The van der Waals surface area contributed by atoms with Crippen molar-refractivity contribution in [1.29, 1.82) is 0 Å². The molecule has 0 unspecified atom stereocenters. The van der Waals surface area contributed by atoms with Crippen molar-refractivity contribution in [2.24, 2.45) is 5.41 Å². The summed E-state index contributed by atoms with van der Waals surface area (Å²) in [5, 5.41) is 24.5. The quantitative estimate of drug-likeness (QED) is 0.245. The summed E-state index contributed by atoms with van der Waals surface area (Å²) in [7, 11) is 0. The van der Waals surface area contributed by atoms with Crippen LogP contribution < -0.4 is 15.2 Å². The molecule has 0 bridgehead atoms. The first kappa shape index (κ1) is 25.5. The number of halogens is 1. The molecule has 10 heteroatoms. The number of fused-ring (bicyclic) bond motifs is 2. The Labute approximate surface area is 233 Å². The molecule has 4 N–H and O–H groups in total. The van der Waals surface area contributed by atoms with Crippen LogP contribution in [0.4, 0.5) is 5.82 Å². The molecule has 1 aliphatic rings. The molecule has 6 rings (SSSR count). The van der Waals surface area contributed by atoms with Gasteiger partial charge >= 0.3 is 0 Å². The Morgan fingerprint density at radius 2 is 1.87 bits per heavy atom. The zero-order valence-corrected chi connectivity index (χ0v) is 23.0. The van der Waals surface area contributed by atoms with Crippen molar-refractivity contribution in [1.82, 2.24) is 19.5 Å². The fraction of sp³-hybridized carbons (Fsp3) is 0.276. The minimum Gasteiger partial charge on any atom is -0.493 e. The van der Waals surface area contributed by atoms with Gasteiger partial charge in [0.1, 0.15) is 35.4 Å². The molecule has 1 aliphatic carbocycles. The zero-order valence-electron chi connectivity index (χ0n) is 21.5. The van der Waals surface area contributed by atoms with E-state index in [0.717, 1.165) is 9.86 Å². The topological polar surface area (TPSA) is 129 Å². The van der Waals surface area contributed by atoms with Gasteiger partial charge in [0, 0.05) is 23.1 Å². The van der Waals surface area contributed by atoms with Crippen LogP contribution in [0.2, 0.25) is 0 Å². The number of ether oxygens (including phenoxy) is 2. The summed E-state index contributed by atoms with van der Waals surface area (Å²) < 4.78 is 14.8. The van der Waals surface area contributed by atoms with Crippen LogP contribution in [0.3, 0.4) is 0 Å². The fourth-order valence-corrected chi connectivity index (χ4v) is 5.67. The summed E-state index contributed by atoms with van der Waals surface area (Å²) in [6, 6.07) is 18.3. The number of rotatable bonds is 6. The second-order valence-electron chi connectivity index (χ2n) is 10.5. The Kier molecular flexibility index (Phi) is 6.21. The number of nitrogens with two attached hydrogens (primary N) is 1. The highest BCUT2D eigenvalue weighted by atomic mass is 79.9. The van der Waals surface area contributed by atoms with E-state index in [-0.39, 0.29) is 6.61 Å². The van der Waals surface area contributed by atoms with Crippen molar-refractivity contribution in [2.75, 3.05) is 12.3 Å². The lowest BCUT2D eigenvalue weighted by Crippen LogP contribution is -2.50. The smallest absolute Gasteiger partial charge is 0.231 e. The summed E-state index contributed by atoms with van der Waals surface area (Å²) in [4.78, 5) is 13.2. The number of anilines is 1. The molecular weight excluding hydrogens is 562 g/mol. The number of nitrogens with zero attached hydrogens (tertiary/aromatic N) is 4. The summed E-state index contributed by atoms with van der Waals surface area (Å²) in [6.45, 7) is 3.77. The number of hydrogen-bond donors (Lipinski definition) is 3. The summed E-state index contributed by atoms with van der Waals surface area (Å²) in [6.07, 6.45) is 2.68.